The van der Waals surface area contributed by atoms with E-state index in [1.54, 1.807) is 0 Å². The van der Waals surface area contributed by atoms with E-state index in [1.165, 1.54) is 0 Å². The lowest BCUT2D eigenvalue weighted by Crippen LogP contribution is -2.21. The maximum Gasteiger partial charge on any atom is 0.150 e. The van der Waals surface area contributed by atoms with Gasteiger partial charge in [-0.1, -0.05) is 51.1 Å². The van der Waals surface area contributed by atoms with Gasteiger partial charge in [-0.05, 0) is 48.4 Å². The molecule has 0 amide bonds. The second-order valence-electron chi connectivity index (χ2n) is 7.47. The fourth-order valence-corrected chi connectivity index (χ4v) is 3.58. The summed E-state index contributed by atoms with van der Waals surface area (Å²) in [6.45, 7) is 10.2. The summed E-state index contributed by atoms with van der Waals surface area (Å²) in [5, 5.41) is 12.7. The highest BCUT2D eigenvalue weighted by molar-refractivity contribution is 7.86. The zero-order chi connectivity index (χ0) is 22.7. The highest BCUT2D eigenvalue weighted by atomic mass is 32.2. The lowest BCUT2D eigenvalue weighted by molar-refractivity contribution is -0.0979. The Balaban J connectivity index is 0.00000218. The Morgan fingerprint density at radius 1 is 1.07 bits per heavy atom. The van der Waals surface area contributed by atoms with Crippen molar-refractivity contribution < 1.29 is 9.00 Å². The minimum atomic E-state index is -1.32. The SMILES string of the molecule is C=O.CN/C(=C\C(=C(/C)C#N)c1ccc(NS(=O)c2ccccc2)cc1)C(C)(C)C. The Kier molecular flexibility index (Phi) is 9.73. The van der Waals surface area contributed by atoms with E-state index in [-0.39, 0.29) is 5.41 Å². The second kappa shape index (κ2) is 11.7. The van der Waals surface area contributed by atoms with E-state index in [9.17, 15) is 9.47 Å². The van der Waals surface area contributed by atoms with Gasteiger partial charge in [0.05, 0.1) is 11.0 Å². The van der Waals surface area contributed by atoms with E-state index >= 15 is 0 Å². The van der Waals surface area contributed by atoms with Crippen LogP contribution in [-0.4, -0.2) is 18.0 Å². The van der Waals surface area contributed by atoms with Crippen LogP contribution in [0, 0.1) is 16.7 Å². The fourth-order valence-electron chi connectivity index (χ4n) is 2.70. The first-order chi connectivity index (χ1) is 14.3. The molecule has 1 atom stereocenters. The van der Waals surface area contributed by atoms with Crippen LogP contribution in [0.5, 0.6) is 0 Å². The summed E-state index contributed by atoms with van der Waals surface area (Å²) in [5.41, 5.74) is 4.19. The van der Waals surface area contributed by atoms with Crippen LogP contribution in [-0.2, 0) is 15.8 Å². The van der Waals surface area contributed by atoms with Gasteiger partial charge in [0.25, 0.3) is 0 Å². The number of benzene rings is 2. The van der Waals surface area contributed by atoms with Crippen LogP contribution in [0.4, 0.5) is 5.69 Å². The van der Waals surface area contributed by atoms with E-state index in [2.05, 4.69) is 36.9 Å². The number of hydrogen-bond donors (Lipinski definition) is 2. The van der Waals surface area contributed by atoms with Crippen molar-refractivity contribution in [2.45, 2.75) is 32.6 Å². The molecule has 0 aliphatic rings. The lowest BCUT2D eigenvalue weighted by atomic mass is 9.88. The largest absolute Gasteiger partial charge is 0.391 e. The molecule has 158 valence electrons. The van der Waals surface area contributed by atoms with Gasteiger partial charge in [0.15, 0.2) is 0 Å². The van der Waals surface area contributed by atoms with Crippen LogP contribution in [0.15, 0.2) is 76.8 Å². The number of rotatable bonds is 6. The number of hydrogen-bond acceptors (Lipinski definition) is 4. The molecule has 2 rings (SSSR count). The molecule has 0 spiro atoms. The van der Waals surface area contributed by atoms with Crippen LogP contribution >= 0.6 is 0 Å². The first-order valence-electron chi connectivity index (χ1n) is 9.40. The van der Waals surface area contributed by atoms with Gasteiger partial charge in [0, 0.05) is 29.4 Å². The summed E-state index contributed by atoms with van der Waals surface area (Å²) in [4.78, 5) is 8.72. The van der Waals surface area contributed by atoms with Gasteiger partial charge in [-0.15, -0.1) is 0 Å². The van der Waals surface area contributed by atoms with Gasteiger partial charge in [-0.3, -0.25) is 0 Å². The molecule has 0 saturated heterocycles. The van der Waals surface area contributed by atoms with Crippen molar-refractivity contribution in [1.82, 2.24) is 5.32 Å². The van der Waals surface area contributed by atoms with Gasteiger partial charge in [-0.25, -0.2) is 4.21 Å². The second-order valence-corrected chi connectivity index (χ2v) is 8.68. The predicted molar refractivity (Wildman–Crippen MR) is 125 cm³/mol. The standard InChI is InChI=1S/C23H27N3OS.CH2O/c1-17(16-24)21(15-22(25-5)23(2,3)4)18-11-13-19(14-12-18)26-28(27)20-9-7-6-8-10-20;1-2/h6-15,25-26H,1-5H3;1H2/b21-17-,22-15-;. The monoisotopic (exact) mass is 423 g/mol. The smallest absolute Gasteiger partial charge is 0.150 e. The molecular weight excluding hydrogens is 394 g/mol. The number of nitriles is 1. The normalized spacial score (nSPS) is 13.1. The summed E-state index contributed by atoms with van der Waals surface area (Å²) < 4.78 is 15.4. The number of carbonyl (C=O) groups is 1. The van der Waals surface area contributed by atoms with Gasteiger partial charge < -0.3 is 14.8 Å². The molecule has 0 aliphatic heterocycles. The van der Waals surface area contributed by atoms with Crippen LogP contribution in [0.3, 0.4) is 0 Å². The fraction of sp³-hybridized carbons (Fsp3) is 0.250. The maximum absolute atomic E-state index is 12.4. The third-order valence-electron chi connectivity index (χ3n) is 4.30. The zero-order valence-electron chi connectivity index (χ0n) is 18.2. The predicted octanol–water partition coefficient (Wildman–Crippen LogP) is 5.08. The average Bonchev–Trinajstić information content (AvgIpc) is 2.76. The van der Waals surface area contributed by atoms with Crippen LogP contribution in [0.25, 0.3) is 5.57 Å². The topological polar surface area (TPSA) is 82.0 Å². The molecule has 2 N–H and O–H groups in total. The summed E-state index contributed by atoms with van der Waals surface area (Å²) in [6, 6.07) is 19.2. The Morgan fingerprint density at radius 3 is 2.10 bits per heavy atom. The molecule has 0 bridgehead atoms. The number of nitrogens with one attached hydrogen (secondary N) is 2. The van der Waals surface area contributed by atoms with E-state index < -0.39 is 11.0 Å². The first kappa shape index (κ1) is 24.9. The molecule has 0 heterocycles. The number of carbonyl (C=O) groups excluding carboxylic acids is 1. The van der Waals surface area contributed by atoms with Crippen molar-refractivity contribution in [3.8, 4) is 6.07 Å². The zero-order valence-corrected chi connectivity index (χ0v) is 19.0. The van der Waals surface area contributed by atoms with E-state index in [0.717, 1.165) is 27.4 Å². The molecule has 0 radical (unpaired) electrons. The minimum Gasteiger partial charge on any atom is -0.391 e. The Hall–Kier alpha value is -3.17. The maximum atomic E-state index is 12.4. The van der Waals surface area contributed by atoms with Gasteiger partial charge in [-0.2, -0.15) is 5.26 Å². The molecular formula is C24H29N3O2S. The highest BCUT2D eigenvalue weighted by Crippen LogP contribution is 2.29. The highest BCUT2D eigenvalue weighted by Gasteiger charge is 2.17. The molecule has 5 nitrogen and oxygen atoms in total. The quantitative estimate of drug-likeness (QED) is 0.501. The van der Waals surface area contributed by atoms with Gasteiger partial charge in [0.1, 0.15) is 17.8 Å². The van der Waals surface area contributed by atoms with Crippen molar-refractivity contribution in [2.75, 3.05) is 11.8 Å². The number of allylic oxidation sites excluding steroid dienone is 4. The summed E-state index contributed by atoms with van der Waals surface area (Å²) in [6.07, 6.45) is 2.03. The summed E-state index contributed by atoms with van der Waals surface area (Å²) in [5.74, 6) is 0. The molecule has 2 aromatic carbocycles. The minimum absolute atomic E-state index is 0.0657. The van der Waals surface area contributed by atoms with Crippen molar-refractivity contribution >= 4 is 29.0 Å². The van der Waals surface area contributed by atoms with Crippen molar-refractivity contribution in [1.29, 1.82) is 5.26 Å². The third-order valence-corrected chi connectivity index (χ3v) is 5.42. The van der Waals surface area contributed by atoms with Gasteiger partial charge >= 0.3 is 0 Å². The Labute approximate surface area is 182 Å². The molecule has 0 fully saturated rings. The number of anilines is 1. The average molecular weight is 424 g/mol. The molecule has 0 saturated carbocycles. The molecule has 0 aliphatic carbocycles. The summed E-state index contributed by atoms with van der Waals surface area (Å²) in [7, 11) is 0.570. The lowest BCUT2D eigenvalue weighted by Gasteiger charge is -2.23. The van der Waals surface area contributed by atoms with Crippen molar-refractivity contribution in [3.63, 3.8) is 0 Å². The Morgan fingerprint density at radius 2 is 1.63 bits per heavy atom. The molecule has 2 aromatic rings. The van der Waals surface area contributed by atoms with E-state index in [4.69, 9.17) is 4.79 Å². The van der Waals surface area contributed by atoms with Crippen molar-refractivity contribution in [3.05, 3.63) is 77.5 Å². The van der Waals surface area contributed by atoms with Gasteiger partial charge in [0.2, 0.25) is 0 Å². The first-order valence-corrected chi connectivity index (χ1v) is 10.5. The Bertz CT molecular complexity index is 951. The van der Waals surface area contributed by atoms with Crippen LogP contribution in [0.2, 0.25) is 0 Å². The van der Waals surface area contributed by atoms with E-state index in [1.807, 2.05) is 81.4 Å². The molecule has 6 heteroatoms. The molecule has 0 aromatic heterocycles. The number of nitrogens with zero attached hydrogens (tertiary/aromatic N) is 1. The summed E-state index contributed by atoms with van der Waals surface area (Å²) >= 11 is 0. The van der Waals surface area contributed by atoms with Crippen LogP contribution in [0.1, 0.15) is 33.3 Å². The van der Waals surface area contributed by atoms with Crippen LogP contribution < -0.4 is 10.0 Å². The van der Waals surface area contributed by atoms with E-state index in [0.29, 0.717) is 5.57 Å². The molecule has 1 unspecified atom stereocenters. The third kappa shape index (κ3) is 7.02. The van der Waals surface area contributed by atoms with Crippen molar-refractivity contribution in [2.24, 2.45) is 5.41 Å². The molecule has 30 heavy (non-hydrogen) atoms.